The van der Waals surface area contributed by atoms with Crippen LogP contribution in [0.5, 0.6) is 0 Å². The number of halogens is 2. The highest BCUT2D eigenvalue weighted by molar-refractivity contribution is 7.22. The summed E-state index contributed by atoms with van der Waals surface area (Å²) in [7, 11) is 0. The fourth-order valence-corrected chi connectivity index (χ4v) is 4.42. The zero-order chi connectivity index (χ0) is 16.0. The zero-order valence-electron chi connectivity index (χ0n) is 13.7. The molecule has 1 aliphatic carbocycles. The topological polar surface area (TPSA) is 100 Å². The predicted molar refractivity (Wildman–Crippen MR) is 106 cm³/mol. The molecule has 9 heteroatoms. The number of nitrogens with zero attached hydrogens (tertiary/aromatic N) is 2. The Morgan fingerprint density at radius 2 is 2.04 bits per heavy atom. The maximum absolute atomic E-state index is 12.5. The molecule has 1 aliphatic rings. The van der Waals surface area contributed by atoms with E-state index in [4.69, 9.17) is 10.7 Å². The summed E-state index contributed by atoms with van der Waals surface area (Å²) in [6, 6.07) is 2.06. The lowest BCUT2D eigenvalue weighted by atomic mass is 9.84. The van der Waals surface area contributed by atoms with E-state index < -0.39 is 0 Å². The van der Waals surface area contributed by atoms with Crippen LogP contribution < -0.4 is 11.3 Å². The third-order valence-corrected chi connectivity index (χ3v) is 5.82. The van der Waals surface area contributed by atoms with Crippen LogP contribution in [0.4, 0.5) is 0 Å². The lowest BCUT2D eigenvalue weighted by Gasteiger charge is -2.27. The molecule has 0 saturated heterocycles. The molecule has 6 nitrogen and oxygen atoms in total. The van der Waals surface area contributed by atoms with Crippen LogP contribution in [0.25, 0.3) is 20.7 Å². The van der Waals surface area contributed by atoms with Crippen LogP contribution in [0.1, 0.15) is 43.1 Å². The van der Waals surface area contributed by atoms with E-state index in [0.29, 0.717) is 4.70 Å². The summed E-state index contributed by atoms with van der Waals surface area (Å²) in [5.74, 6) is 0.892. The molecule has 3 aromatic rings. The van der Waals surface area contributed by atoms with Gasteiger partial charge in [-0.2, -0.15) is 5.10 Å². The van der Waals surface area contributed by atoms with Gasteiger partial charge in [-0.3, -0.25) is 9.89 Å². The highest BCUT2D eigenvalue weighted by Gasteiger charge is 2.26. The maximum atomic E-state index is 12.5. The minimum atomic E-state index is -0.0693. The summed E-state index contributed by atoms with van der Waals surface area (Å²) >= 11 is 1.45. The molecule has 4 rings (SSSR count). The predicted octanol–water partition coefficient (Wildman–Crippen LogP) is 3.51. The zero-order valence-corrected chi connectivity index (χ0v) is 16.2. The van der Waals surface area contributed by atoms with Crippen LogP contribution in [0, 0.1) is 6.92 Å². The molecular weight excluding hydrogens is 381 g/mol. The first kappa shape index (κ1) is 19.9. The van der Waals surface area contributed by atoms with E-state index in [0.717, 1.165) is 53.2 Å². The van der Waals surface area contributed by atoms with E-state index >= 15 is 0 Å². The summed E-state index contributed by atoms with van der Waals surface area (Å²) in [5.41, 5.74) is 8.92. The van der Waals surface area contributed by atoms with Gasteiger partial charge in [-0.25, -0.2) is 4.98 Å². The van der Waals surface area contributed by atoms with Crippen LogP contribution in [0.3, 0.4) is 0 Å². The number of hydrogen-bond acceptors (Lipinski definition) is 5. The van der Waals surface area contributed by atoms with E-state index in [2.05, 4.69) is 15.2 Å². The standard InChI is InChI=1S/C16H19N5OS.2ClH/c1-8-10(7-18-21-8)13-6-12-14(23-13)16(22)20-15(19-12)9-4-2-3-5-11(9)17;;/h6-7,9,11H,2-5,17H2,1H3,(H,18,21)(H,19,20,22);2*1H/t9-,11+;;/m1../s1. The monoisotopic (exact) mass is 401 g/mol. The van der Waals surface area contributed by atoms with Gasteiger partial charge in [0.1, 0.15) is 10.5 Å². The number of rotatable bonds is 2. The SMILES string of the molecule is Cc1[nH]ncc1-c1cc2nc([C@@H]3CCCC[C@@H]3N)[nH]c(=O)c2s1.Cl.Cl. The number of nitrogens with one attached hydrogen (secondary N) is 2. The molecule has 3 heterocycles. The molecule has 0 amide bonds. The number of H-pyrrole nitrogens is 2. The quantitative estimate of drug-likeness (QED) is 0.611. The Balaban J connectivity index is 0.00000113. The Kier molecular flexibility index (Phi) is 6.26. The van der Waals surface area contributed by atoms with E-state index in [-0.39, 0.29) is 42.3 Å². The Bertz CT molecular complexity index is 919. The second-order valence-electron chi connectivity index (χ2n) is 6.24. The first-order valence-electron chi connectivity index (χ1n) is 7.93. The van der Waals surface area contributed by atoms with Crippen molar-refractivity contribution >= 4 is 46.4 Å². The van der Waals surface area contributed by atoms with Crippen molar-refractivity contribution in [1.29, 1.82) is 0 Å². The molecule has 136 valence electrons. The molecule has 3 aromatic heterocycles. The number of hydrogen-bond donors (Lipinski definition) is 3. The molecule has 0 radical (unpaired) electrons. The molecule has 1 saturated carbocycles. The third kappa shape index (κ3) is 3.60. The van der Waals surface area contributed by atoms with Crippen LogP contribution in [-0.4, -0.2) is 26.2 Å². The van der Waals surface area contributed by atoms with Gasteiger partial charge in [-0.15, -0.1) is 36.2 Å². The van der Waals surface area contributed by atoms with Crippen LogP contribution >= 0.6 is 36.2 Å². The minimum absolute atomic E-state index is 0. The molecule has 2 atom stereocenters. The molecule has 25 heavy (non-hydrogen) atoms. The fourth-order valence-electron chi connectivity index (χ4n) is 3.36. The normalized spacial score (nSPS) is 20.1. The molecule has 0 spiro atoms. The first-order chi connectivity index (χ1) is 11.1. The number of nitrogens with two attached hydrogens (primary N) is 1. The first-order valence-corrected chi connectivity index (χ1v) is 8.75. The highest BCUT2D eigenvalue weighted by Crippen LogP contribution is 2.34. The number of fused-ring (bicyclic) bond motifs is 1. The van der Waals surface area contributed by atoms with Crippen molar-refractivity contribution in [3.63, 3.8) is 0 Å². The van der Waals surface area contributed by atoms with E-state index in [1.807, 2.05) is 13.0 Å². The van der Waals surface area contributed by atoms with Gasteiger partial charge in [0.05, 0.1) is 11.7 Å². The van der Waals surface area contributed by atoms with Crippen molar-refractivity contribution in [3.05, 3.63) is 34.1 Å². The summed E-state index contributed by atoms with van der Waals surface area (Å²) in [6.07, 6.45) is 6.07. The molecule has 4 N–H and O–H groups in total. The van der Waals surface area contributed by atoms with Crippen molar-refractivity contribution in [1.82, 2.24) is 20.2 Å². The smallest absolute Gasteiger partial charge is 0.268 e. The van der Waals surface area contributed by atoms with Crippen molar-refractivity contribution in [2.24, 2.45) is 5.73 Å². The largest absolute Gasteiger partial charge is 0.327 e. The average molecular weight is 402 g/mol. The highest BCUT2D eigenvalue weighted by atomic mass is 35.5. The van der Waals surface area contributed by atoms with Gasteiger partial charge in [0.15, 0.2) is 0 Å². The van der Waals surface area contributed by atoms with E-state index in [1.165, 1.54) is 11.3 Å². The number of aromatic nitrogens is 4. The summed E-state index contributed by atoms with van der Waals surface area (Å²) in [4.78, 5) is 21.2. The fraction of sp³-hybridized carbons (Fsp3) is 0.438. The summed E-state index contributed by atoms with van der Waals surface area (Å²) < 4.78 is 0.661. The van der Waals surface area contributed by atoms with E-state index in [1.54, 1.807) is 6.20 Å². The molecule has 1 fully saturated rings. The van der Waals surface area contributed by atoms with Gasteiger partial charge in [0.2, 0.25) is 0 Å². The van der Waals surface area contributed by atoms with Crippen molar-refractivity contribution in [2.75, 3.05) is 0 Å². The third-order valence-electron chi connectivity index (χ3n) is 4.67. The van der Waals surface area contributed by atoms with Gasteiger partial charge in [0, 0.05) is 28.1 Å². The Morgan fingerprint density at radius 3 is 2.72 bits per heavy atom. The molecule has 0 aromatic carbocycles. The Morgan fingerprint density at radius 1 is 1.28 bits per heavy atom. The molecule has 0 aliphatic heterocycles. The summed E-state index contributed by atoms with van der Waals surface area (Å²) in [5, 5.41) is 6.98. The number of aromatic amines is 2. The van der Waals surface area contributed by atoms with Gasteiger partial charge < -0.3 is 10.7 Å². The second kappa shape index (κ2) is 7.86. The van der Waals surface area contributed by atoms with Crippen molar-refractivity contribution < 1.29 is 0 Å². The Hall–Kier alpha value is -1.41. The van der Waals surface area contributed by atoms with Gasteiger partial charge in [-0.05, 0) is 25.8 Å². The van der Waals surface area contributed by atoms with Crippen LogP contribution in [-0.2, 0) is 0 Å². The maximum Gasteiger partial charge on any atom is 0.268 e. The number of thiophene rings is 1. The second-order valence-corrected chi connectivity index (χ2v) is 7.29. The minimum Gasteiger partial charge on any atom is -0.327 e. The Labute approximate surface area is 161 Å². The van der Waals surface area contributed by atoms with Crippen LogP contribution in [0.15, 0.2) is 17.1 Å². The van der Waals surface area contributed by atoms with Gasteiger partial charge >= 0.3 is 0 Å². The lowest BCUT2D eigenvalue weighted by Crippen LogP contribution is -2.33. The van der Waals surface area contributed by atoms with Crippen LogP contribution in [0.2, 0.25) is 0 Å². The van der Waals surface area contributed by atoms with Crippen molar-refractivity contribution in [3.8, 4) is 10.4 Å². The van der Waals surface area contributed by atoms with Gasteiger partial charge in [-0.1, -0.05) is 12.8 Å². The average Bonchev–Trinajstić information content (AvgIpc) is 3.13. The van der Waals surface area contributed by atoms with Gasteiger partial charge in [0.25, 0.3) is 5.56 Å². The number of aryl methyl sites for hydroxylation is 1. The van der Waals surface area contributed by atoms with Crippen molar-refractivity contribution in [2.45, 2.75) is 44.6 Å². The molecule has 0 bridgehead atoms. The van der Waals surface area contributed by atoms with E-state index in [9.17, 15) is 4.79 Å². The lowest BCUT2D eigenvalue weighted by molar-refractivity contribution is 0.373. The summed E-state index contributed by atoms with van der Waals surface area (Å²) in [6.45, 7) is 1.97. The molecular formula is C16H21Cl2N5OS. The molecule has 0 unspecified atom stereocenters.